The van der Waals surface area contributed by atoms with Gasteiger partial charge in [-0.1, -0.05) is 0 Å². The molecular weight excluding hydrogens is 200 g/mol. The molecule has 0 atom stereocenters. The molecule has 0 saturated carbocycles. The highest BCUT2D eigenvalue weighted by molar-refractivity contribution is 5.67. The van der Waals surface area contributed by atoms with Crippen LogP contribution in [0.5, 0.6) is 0 Å². The zero-order valence-electron chi connectivity index (χ0n) is 8.53. The number of H-pyrrole nitrogens is 1. The second kappa shape index (κ2) is 4.12. The van der Waals surface area contributed by atoms with E-state index in [1.165, 1.54) is 7.05 Å². The summed E-state index contributed by atoms with van der Waals surface area (Å²) in [5.41, 5.74) is -0.141. The maximum absolute atomic E-state index is 11.6. The lowest BCUT2D eigenvalue weighted by atomic mass is 10.1. The topological polar surface area (TPSA) is 92.2 Å². The van der Waals surface area contributed by atoms with Crippen LogP contribution in [0.1, 0.15) is 17.7 Å². The van der Waals surface area contributed by atoms with Crippen LogP contribution in [-0.2, 0) is 18.3 Å². The molecule has 0 bridgehead atoms. The van der Waals surface area contributed by atoms with Crippen LogP contribution in [0.3, 0.4) is 0 Å². The van der Waals surface area contributed by atoms with Crippen molar-refractivity contribution in [3.63, 3.8) is 0 Å². The van der Waals surface area contributed by atoms with Gasteiger partial charge >= 0.3 is 11.7 Å². The van der Waals surface area contributed by atoms with Gasteiger partial charge in [0.15, 0.2) is 0 Å². The van der Waals surface area contributed by atoms with Crippen LogP contribution in [0.4, 0.5) is 0 Å². The molecule has 1 rings (SSSR count). The minimum atomic E-state index is -0.970. The zero-order chi connectivity index (χ0) is 11.6. The molecule has 0 aliphatic rings. The Morgan fingerprint density at radius 3 is 2.60 bits per heavy atom. The first kappa shape index (κ1) is 11.2. The minimum absolute atomic E-state index is 0.123. The van der Waals surface area contributed by atoms with Crippen LogP contribution in [0, 0.1) is 6.92 Å². The third-order valence-electron chi connectivity index (χ3n) is 2.20. The number of carbonyl (C=O) groups is 1. The van der Waals surface area contributed by atoms with Gasteiger partial charge in [0.25, 0.3) is 5.56 Å². The third kappa shape index (κ3) is 2.34. The van der Waals surface area contributed by atoms with Gasteiger partial charge in [0.05, 0.1) is 0 Å². The Bertz CT molecular complexity index is 498. The van der Waals surface area contributed by atoms with Crippen LogP contribution < -0.4 is 11.2 Å². The summed E-state index contributed by atoms with van der Waals surface area (Å²) in [6.07, 6.45) is 0.00669. The Hall–Kier alpha value is -1.85. The smallest absolute Gasteiger partial charge is 0.328 e. The van der Waals surface area contributed by atoms with Crippen LogP contribution >= 0.6 is 0 Å². The van der Waals surface area contributed by atoms with Crippen molar-refractivity contribution >= 4 is 5.97 Å². The van der Waals surface area contributed by atoms with E-state index in [9.17, 15) is 14.4 Å². The number of rotatable bonds is 3. The fourth-order valence-corrected chi connectivity index (χ4v) is 1.30. The molecule has 0 aromatic carbocycles. The highest BCUT2D eigenvalue weighted by Crippen LogP contribution is 1.99. The molecule has 0 spiro atoms. The van der Waals surface area contributed by atoms with Crippen molar-refractivity contribution in [1.82, 2.24) is 9.55 Å². The van der Waals surface area contributed by atoms with Crippen molar-refractivity contribution in [3.8, 4) is 0 Å². The fourth-order valence-electron chi connectivity index (χ4n) is 1.30. The van der Waals surface area contributed by atoms with Gasteiger partial charge in [-0.25, -0.2) is 4.79 Å². The molecule has 0 unspecified atom stereocenters. The Labute approximate surface area is 85.2 Å². The standard InChI is InChI=1S/C9H12N2O4/c1-5-6(3-4-7(12)13)8(14)11(2)9(15)10-5/h3-4H2,1-2H3,(H,10,15)(H,12,13). The van der Waals surface area contributed by atoms with Gasteiger partial charge in [-0.3, -0.25) is 14.2 Å². The largest absolute Gasteiger partial charge is 0.481 e. The Morgan fingerprint density at radius 1 is 1.47 bits per heavy atom. The van der Waals surface area contributed by atoms with Crippen LogP contribution in [0.15, 0.2) is 9.59 Å². The summed E-state index contributed by atoms with van der Waals surface area (Å²) in [4.78, 5) is 35.6. The number of hydrogen-bond acceptors (Lipinski definition) is 3. The van der Waals surface area contributed by atoms with E-state index in [4.69, 9.17) is 5.11 Å². The highest BCUT2D eigenvalue weighted by Gasteiger charge is 2.10. The van der Waals surface area contributed by atoms with Crippen molar-refractivity contribution in [3.05, 3.63) is 32.1 Å². The van der Waals surface area contributed by atoms with Crippen LogP contribution in [0.2, 0.25) is 0 Å². The molecule has 6 nitrogen and oxygen atoms in total. The van der Waals surface area contributed by atoms with Gasteiger partial charge in [0.2, 0.25) is 0 Å². The molecule has 82 valence electrons. The van der Waals surface area contributed by atoms with Gasteiger partial charge < -0.3 is 10.1 Å². The van der Waals surface area contributed by atoms with E-state index in [1.54, 1.807) is 6.92 Å². The lowest BCUT2D eigenvalue weighted by Gasteiger charge is -2.04. The number of aliphatic carboxylic acids is 1. The quantitative estimate of drug-likeness (QED) is 0.699. The van der Waals surface area contributed by atoms with Crippen molar-refractivity contribution in [2.45, 2.75) is 19.8 Å². The molecule has 1 aromatic rings. The lowest BCUT2D eigenvalue weighted by Crippen LogP contribution is -2.36. The number of aryl methyl sites for hydroxylation is 1. The number of nitrogens with zero attached hydrogens (tertiary/aromatic N) is 1. The second-order valence-corrected chi connectivity index (χ2v) is 3.29. The molecule has 0 radical (unpaired) electrons. The molecule has 6 heteroatoms. The molecule has 1 heterocycles. The summed E-state index contributed by atoms with van der Waals surface area (Å²) in [5, 5.41) is 8.50. The number of aromatic nitrogens is 2. The van der Waals surface area contributed by atoms with Crippen molar-refractivity contribution in [2.75, 3.05) is 0 Å². The Balaban J connectivity index is 3.19. The van der Waals surface area contributed by atoms with Gasteiger partial charge in [-0.15, -0.1) is 0 Å². The number of hydrogen-bond donors (Lipinski definition) is 2. The Kier molecular flexibility index (Phi) is 3.08. The van der Waals surface area contributed by atoms with E-state index in [0.29, 0.717) is 11.3 Å². The zero-order valence-corrected chi connectivity index (χ0v) is 8.53. The van der Waals surface area contributed by atoms with E-state index in [2.05, 4.69) is 4.98 Å². The summed E-state index contributed by atoms with van der Waals surface area (Å²) in [7, 11) is 1.35. The van der Waals surface area contributed by atoms with E-state index in [1.807, 2.05) is 0 Å². The van der Waals surface area contributed by atoms with E-state index in [0.717, 1.165) is 4.57 Å². The first-order valence-corrected chi connectivity index (χ1v) is 4.44. The molecule has 0 fully saturated rings. The monoisotopic (exact) mass is 212 g/mol. The predicted octanol–water partition coefficient (Wildman–Crippen LogP) is -0.601. The number of carboxylic acid groups (broad SMARTS) is 1. The summed E-state index contributed by atoms with van der Waals surface area (Å²) in [5.74, 6) is -0.970. The normalized spacial score (nSPS) is 10.3. The predicted molar refractivity (Wildman–Crippen MR) is 53.0 cm³/mol. The second-order valence-electron chi connectivity index (χ2n) is 3.29. The van der Waals surface area contributed by atoms with Crippen molar-refractivity contribution < 1.29 is 9.90 Å². The Morgan fingerprint density at radius 2 is 2.07 bits per heavy atom. The molecule has 0 saturated heterocycles. The summed E-state index contributed by atoms with van der Waals surface area (Å²) in [6, 6.07) is 0. The van der Waals surface area contributed by atoms with Crippen LogP contribution in [0.25, 0.3) is 0 Å². The van der Waals surface area contributed by atoms with Gasteiger partial charge in [-0.05, 0) is 13.3 Å². The average Bonchev–Trinajstić information content (AvgIpc) is 2.14. The summed E-state index contributed by atoms with van der Waals surface area (Å²) < 4.78 is 0.935. The lowest BCUT2D eigenvalue weighted by molar-refractivity contribution is -0.136. The molecule has 0 aliphatic carbocycles. The van der Waals surface area contributed by atoms with Crippen LogP contribution in [-0.4, -0.2) is 20.6 Å². The molecule has 15 heavy (non-hydrogen) atoms. The molecule has 0 amide bonds. The molecule has 2 N–H and O–H groups in total. The SMILES string of the molecule is Cc1[nH]c(=O)n(C)c(=O)c1CCC(=O)O. The van der Waals surface area contributed by atoms with Crippen molar-refractivity contribution in [2.24, 2.45) is 7.05 Å². The maximum Gasteiger partial charge on any atom is 0.328 e. The van der Waals surface area contributed by atoms with E-state index in [-0.39, 0.29) is 12.8 Å². The number of carboxylic acids is 1. The first-order valence-electron chi connectivity index (χ1n) is 4.44. The molecule has 0 aliphatic heterocycles. The van der Waals surface area contributed by atoms with Crippen molar-refractivity contribution in [1.29, 1.82) is 0 Å². The van der Waals surface area contributed by atoms with E-state index < -0.39 is 17.2 Å². The summed E-state index contributed by atoms with van der Waals surface area (Å²) in [6.45, 7) is 1.58. The van der Waals surface area contributed by atoms with Gasteiger partial charge in [-0.2, -0.15) is 0 Å². The van der Waals surface area contributed by atoms with E-state index >= 15 is 0 Å². The highest BCUT2D eigenvalue weighted by atomic mass is 16.4. The number of nitrogens with one attached hydrogen (secondary N) is 1. The minimum Gasteiger partial charge on any atom is -0.481 e. The molecular formula is C9H12N2O4. The average molecular weight is 212 g/mol. The van der Waals surface area contributed by atoms with Gasteiger partial charge in [0.1, 0.15) is 0 Å². The summed E-state index contributed by atoms with van der Waals surface area (Å²) >= 11 is 0. The molecule has 1 aromatic heterocycles. The fraction of sp³-hybridized carbons (Fsp3) is 0.444. The first-order chi connectivity index (χ1) is 6.93. The number of aromatic amines is 1. The van der Waals surface area contributed by atoms with Gasteiger partial charge in [0, 0.05) is 24.7 Å². The maximum atomic E-state index is 11.6. The third-order valence-corrected chi connectivity index (χ3v) is 2.20.